The van der Waals surface area contributed by atoms with Crippen LogP contribution in [0.25, 0.3) is 0 Å². The van der Waals surface area contributed by atoms with E-state index in [1.165, 1.54) is 18.2 Å². The monoisotopic (exact) mass is 385 g/mol. The van der Waals surface area contributed by atoms with Gasteiger partial charge in [0.25, 0.3) is 0 Å². The van der Waals surface area contributed by atoms with Gasteiger partial charge >= 0.3 is 5.97 Å². The van der Waals surface area contributed by atoms with Gasteiger partial charge in [0, 0.05) is 44.8 Å². The Balaban J connectivity index is 1.52. The topological polar surface area (TPSA) is 72.9 Å². The standard InChI is InChI=1S/C21H24FN3O3/c22-18-8-4-5-9-19(18)23-20(26)14-16(21(27)28)15-24-10-12-25(13-11-24)17-6-2-1-3-7-17/h1-9,16H,10-15H2,(H,23,26)(H,27,28)/t16-/m1/s1. The van der Waals surface area contributed by atoms with Crippen LogP contribution < -0.4 is 10.2 Å². The Morgan fingerprint density at radius 2 is 1.64 bits per heavy atom. The molecule has 3 rings (SSSR count). The number of hydrogen-bond donors (Lipinski definition) is 2. The number of nitrogens with one attached hydrogen (secondary N) is 1. The van der Waals surface area contributed by atoms with Gasteiger partial charge < -0.3 is 15.3 Å². The van der Waals surface area contributed by atoms with E-state index in [2.05, 4.69) is 27.2 Å². The molecule has 28 heavy (non-hydrogen) atoms. The zero-order valence-corrected chi connectivity index (χ0v) is 15.6. The molecule has 2 aromatic rings. The SMILES string of the molecule is O=C(C[C@H](CN1CCN(c2ccccc2)CC1)C(=O)O)Nc1ccccc1F. The largest absolute Gasteiger partial charge is 0.481 e. The normalized spacial score (nSPS) is 15.8. The molecule has 6 nitrogen and oxygen atoms in total. The summed E-state index contributed by atoms with van der Waals surface area (Å²) in [5.74, 6) is -2.90. The molecule has 0 radical (unpaired) electrons. The van der Waals surface area contributed by atoms with Gasteiger partial charge in [-0.25, -0.2) is 4.39 Å². The van der Waals surface area contributed by atoms with E-state index in [1.807, 2.05) is 18.2 Å². The zero-order valence-electron chi connectivity index (χ0n) is 15.6. The van der Waals surface area contributed by atoms with E-state index >= 15 is 0 Å². The summed E-state index contributed by atoms with van der Waals surface area (Å²) < 4.78 is 13.7. The molecule has 0 aromatic heterocycles. The van der Waals surface area contributed by atoms with Crippen molar-refractivity contribution in [3.63, 3.8) is 0 Å². The number of carboxylic acid groups (broad SMARTS) is 1. The highest BCUT2D eigenvalue weighted by molar-refractivity contribution is 5.93. The van der Waals surface area contributed by atoms with Gasteiger partial charge in [0.15, 0.2) is 0 Å². The van der Waals surface area contributed by atoms with E-state index in [0.717, 1.165) is 31.9 Å². The molecule has 0 bridgehead atoms. The summed E-state index contributed by atoms with van der Waals surface area (Å²) in [5, 5.41) is 12.0. The van der Waals surface area contributed by atoms with Crippen LogP contribution in [0.3, 0.4) is 0 Å². The number of carboxylic acids is 1. The van der Waals surface area contributed by atoms with Crippen LogP contribution in [0.15, 0.2) is 54.6 Å². The lowest BCUT2D eigenvalue weighted by molar-refractivity contribution is -0.144. The van der Waals surface area contributed by atoms with Gasteiger partial charge in [0.2, 0.25) is 5.91 Å². The van der Waals surface area contributed by atoms with Crippen LogP contribution in [0.2, 0.25) is 0 Å². The maximum atomic E-state index is 13.7. The molecule has 1 aliphatic rings. The first-order valence-electron chi connectivity index (χ1n) is 9.32. The van der Waals surface area contributed by atoms with Crippen molar-refractivity contribution in [3.8, 4) is 0 Å². The van der Waals surface area contributed by atoms with E-state index in [1.54, 1.807) is 6.07 Å². The quantitative estimate of drug-likeness (QED) is 0.767. The molecule has 7 heteroatoms. The fraction of sp³-hybridized carbons (Fsp3) is 0.333. The molecule has 1 heterocycles. The fourth-order valence-corrected chi connectivity index (χ4v) is 3.36. The third kappa shape index (κ3) is 5.29. The lowest BCUT2D eigenvalue weighted by atomic mass is 10.0. The summed E-state index contributed by atoms with van der Waals surface area (Å²) in [7, 11) is 0. The van der Waals surface area contributed by atoms with E-state index in [9.17, 15) is 19.1 Å². The Hall–Kier alpha value is -2.93. The molecule has 1 fully saturated rings. The van der Waals surface area contributed by atoms with E-state index < -0.39 is 23.6 Å². The summed E-state index contributed by atoms with van der Waals surface area (Å²) in [5.41, 5.74) is 1.22. The third-order valence-corrected chi connectivity index (χ3v) is 4.90. The number of carbonyl (C=O) groups is 2. The number of rotatable bonds is 7. The van der Waals surface area contributed by atoms with Crippen molar-refractivity contribution in [2.45, 2.75) is 6.42 Å². The van der Waals surface area contributed by atoms with Gasteiger partial charge in [-0.1, -0.05) is 30.3 Å². The first kappa shape index (κ1) is 19.8. The first-order chi connectivity index (χ1) is 13.5. The Bertz CT molecular complexity index is 808. The van der Waals surface area contributed by atoms with Crippen LogP contribution in [0.5, 0.6) is 0 Å². The van der Waals surface area contributed by atoms with Crippen molar-refractivity contribution in [3.05, 3.63) is 60.4 Å². The van der Waals surface area contributed by atoms with Gasteiger partial charge in [-0.05, 0) is 24.3 Å². The van der Waals surface area contributed by atoms with Gasteiger partial charge in [0.1, 0.15) is 5.82 Å². The smallest absolute Gasteiger partial charge is 0.308 e. The summed E-state index contributed by atoms with van der Waals surface area (Å²) in [6, 6.07) is 15.9. The molecule has 0 aliphatic carbocycles. The summed E-state index contributed by atoms with van der Waals surface area (Å²) in [6.07, 6.45) is -0.192. The van der Waals surface area contributed by atoms with Crippen molar-refractivity contribution >= 4 is 23.3 Å². The molecular formula is C21H24FN3O3. The second-order valence-corrected chi connectivity index (χ2v) is 6.89. The fourth-order valence-electron chi connectivity index (χ4n) is 3.36. The number of hydrogen-bond acceptors (Lipinski definition) is 4. The summed E-state index contributed by atoms with van der Waals surface area (Å²) in [6.45, 7) is 3.36. The molecule has 1 amide bonds. The number of nitrogens with zero attached hydrogens (tertiary/aromatic N) is 2. The molecule has 2 aromatic carbocycles. The van der Waals surface area contributed by atoms with Gasteiger partial charge in [-0.2, -0.15) is 0 Å². The van der Waals surface area contributed by atoms with Gasteiger partial charge in [0.05, 0.1) is 11.6 Å². The zero-order chi connectivity index (χ0) is 19.9. The van der Waals surface area contributed by atoms with Crippen LogP contribution in [-0.2, 0) is 9.59 Å². The molecule has 0 unspecified atom stereocenters. The number of amides is 1. The Kier molecular flexibility index (Phi) is 6.60. The minimum absolute atomic E-state index is 0.0631. The highest BCUT2D eigenvalue weighted by Crippen LogP contribution is 2.18. The lowest BCUT2D eigenvalue weighted by Crippen LogP contribution is -2.48. The number of anilines is 2. The van der Waals surface area contributed by atoms with Crippen LogP contribution in [0, 0.1) is 11.7 Å². The van der Waals surface area contributed by atoms with Crippen molar-refractivity contribution in [1.82, 2.24) is 4.90 Å². The second-order valence-electron chi connectivity index (χ2n) is 6.89. The highest BCUT2D eigenvalue weighted by Gasteiger charge is 2.26. The van der Waals surface area contributed by atoms with E-state index in [0.29, 0.717) is 6.54 Å². The third-order valence-electron chi connectivity index (χ3n) is 4.90. The lowest BCUT2D eigenvalue weighted by Gasteiger charge is -2.37. The molecule has 1 saturated heterocycles. The molecule has 2 N–H and O–H groups in total. The highest BCUT2D eigenvalue weighted by atomic mass is 19.1. The Labute approximate surface area is 163 Å². The van der Waals surface area contributed by atoms with Crippen molar-refractivity contribution in [1.29, 1.82) is 0 Å². The van der Waals surface area contributed by atoms with Gasteiger partial charge in [-0.15, -0.1) is 0 Å². The average Bonchev–Trinajstić information content (AvgIpc) is 2.70. The maximum Gasteiger partial charge on any atom is 0.308 e. The predicted molar refractivity (Wildman–Crippen MR) is 106 cm³/mol. The van der Waals surface area contributed by atoms with Crippen molar-refractivity contribution < 1.29 is 19.1 Å². The number of para-hydroxylation sites is 2. The summed E-state index contributed by atoms with van der Waals surface area (Å²) in [4.78, 5) is 28.1. The number of benzene rings is 2. The molecule has 1 aliphatic heterocycles. The van der Waals surface area contributed by atoms with Crippen LogP contribution in [-0.4, -0.2) is 54.6 Å². The Morgan fingerprint density at radius 3 is 2.29 bits per heavy atom. The second kappa shape index (κ2) is 9.32. The average molecular weight is 385 g/mol. The van der Waals surface area contributed by atoms with Crippen LogP contribution >= 0.6 is 0 Å². The molecular weight excluding hydrogens is 361 g/mol. The number of halogens is 1. The van der Waals surface area contributed by atoms with Crippen LogP contribution in [0.4, 0.5) is 15.8 Å². The van der Waals surface area contributed by atoms with Crippen molar-refractivity contribution in [2.75, 3.05) is 42.9 Å². The van der Waals surface area contributed by atoms with E-state index in [4.69, 9.17) is 0 Å². The van der Waals surface area contributed by atoms with E-state index in [-0.39, 0.29) is 12.1 Å². The number of aliphatic carboxylic acids is 1. The van der Waals surface area contributed by atoms with Gasteiger partial charge in [-0.3, -0.25) is 14.5 Å². The number of carbonyl (C=O) groups excluding carboxylic acids is 1. The van der Waals surface area contributed by atoms with Crippen molar-refractivity contribution in [2.24, 2.45) is 5.92 Å². The molecule has 0 spiro atoms. The predicted octanol–water partition coefficient (Wildman–Crippen LogP) is 2.68. The molecule has 1 atom stereocenters. The maximum absolute atomic E-state index is 13.7. The van der Waals surface area contributed by atoms with Crippen LogP contribution in [0.1, 0.15) is 6.42 Å². The molecule has 148 valence electrons. The first-order valence-corrected chi connectivity index (χ1v) is 9.32. The molecule has 0 saturated carbocycles. The number of piperazine rings is 1. The summed E-state index contributed by atoms with van der Waals surface area (Å²) >= 11 is 0. The minimum Gasteiger partial charge on any atom is -0.481 e. The minimum atomic E-state index is -1.02. The Morgan fingerprint density at radius 1 is 1.00 bits per heavy atom.